The Morgan fingerprint density at radius 2 is 2.19 bits per heavy atom. The molecule has 1 aliphatic carbocycles. The molecule has 8 heteroatoms. The average Bonchev–Trinajstić information content (AvgIpc) is 2.89. The molecule has 0 bridgehead atoms. The molecule has 0 spiro atoms. The number of hydrogen-bond donors (Lipinski definition) is 0. The predicted molar refractivity (Wildman–Crippen MR) is 94.2 cm³/mol. The minimum absolute atomic E-state index is 0.124. The highest BCUT2D eigenvalue weighted by atomic mass is 35.5. The summed E-state index contributed by atoms with van der Waals surface area (Å²) in [4.78, 5) is 28.1. The zero-order chi connectivity index (χ0) is 18.9. The first-order chi connectivity index (χ1) is 12.4. The summed E-state index contributed by atoms with van der Waals surface area (Å²) in [6.07, 6.45) is 2.42. The number of hydrogen-bond acceptors (Lipinski definition) is 3. The standard InChI is InChI=1S/C18H18ClF2N3O2/c1-12-8-13-2-4-18(20,21)9-16(13)24(12)7-6-23(11-26)17-14(10-25)15(19)3-5-22-17/h3,5,8,10-11H,2,4,6-7,9H2,1H3. The van der Waals surface area contributed by atoms with Crippen molar-refractivity contribution in [2.45, 2.75) is 38.7 Å². The SMILES string of the molecule is Cc1cc2c(n1CCN(C=O)c1nccc(Cl)c1C=O)CC(F)(F)CC2. The van der Waals surface area contributed by atoms with Crippen molar-refractivity contribution >= 4 is 30.1 Å². The maximum atomic E-state index is 13.8. The number of halogens is 3. The van der Waals surface area contributed by atoms with Crippen LogP contribution in [-0.2, 0) is 24.2 Å². The molecular formula is C18H18ClF2N3O2. The van der Waals surface area contributed by atoms with Gasteiger partial charge in [-0.3, -0.25) is 14.5 Å². The molecule has 0 saturated carbocycles. The van der Waals surface area contributed by atoms with Crippen LogP contribution in [0.15, 0.2) is 18.3 Å². The summed E-state index contributed by atoms with van der Waals surface area (Å²) in [5, 5.41) is 0.200. The second-order valence-electron chi connectivity index (χ2n) is 6.39. The number of pyridine rings is 1. The molecule has 2 aromatic rings. The Morgan fingerprint density at radius 3 is 2.88 bits per heavy atom. The molecule has 0 fully saturated rings. The van der Waals surface area contributed by atoms with Crippen LogP contribution in [0.2, 0.25) is 5.02 Å². The zero-order valence-corrected chi connectivity index (χ0v) is 15.0. The maximum absolute atomic E-state index is 13.8. The lowest BCUT2D eigenvalue weighted by Gasteiger charge is -2.25. The van der Waals surface area contributed by atoms with Gasteiger partial charge in [0.2, 0.25) is 6.41 Å². The van der Waals surface area contributed by atoms with Crippen molar-refractivity contribution in [3.63, 3.8) is 0 Å². The van der Waals surface area contributed by atoms with Crippen LogP contribution in [0, 0.1) is 6.92 Å². The second kappa shape index (κ2) is 7.15. The van der Waals surface area contributed by atoms with Crippen LogP contribution >= 0.6 is 11.6 Å². The van der Waals surface area contributed by atoms with E-state index in [0.29, 0.717) is 31.4 Å². The number of carbonyl (C=O) groups excluding carboxylic acids is 2. The third-order valence-corrected chi connectivity index (χ3v) is 5.02. The van der Waals surface area contributed by atoms with Gasteiger partial charge < -0.3 is 4.57 Å². The van der Waals surface area contributed by atoms with Crippen molar-refractivity contribution in [1.82, 2.24) is 9.55 Å². The zero-order valence-electron chi connectivity index (χ0n) is 14.2. The molecule has 3 rings (SSSR count). The molecule has 1 aliphatic rings. The quantitative estimate of drug-likeness (QED) is 0.720. The highest BCUT2D eigenvalue weighted by molar-refractivity contribution is 6.33. The Bertz CT molecular complexity index is 851. The number of aromatic nitrogens is 2. The number of nitrogens with zero attached hydrogens (tertiary/aromatic N) is 3. The van der Waals surface area contributed by atoms with Gasteiger partial charge in [0, 0.05) is 37.1 Å². The van der Waals surface area contributed by atoms with Crippen molar-refractivity contribution in [2.75, 3.05) is 11.4 Å². The fourth-order valence-corrected chi connectivity index (χ4v) is 3.57. The summed E-state index contributed by atoms with van der Waals surface area (Å²) in [5.74, 6) is -2.55. The molecule has 0 unspecified atom stereocenters. The molecule has 138 valence electrons. The van der Waals surface area contributed by atoms with Crippen LogP contribution in [0.5, 0.6) is 0 Å². The minimum Gasteiger partial charge on any atom is -0.347 e. The Kier molecular flexibility index (Phi) is 5.09. The van der Waals surface area contributed by atoms with E-state index in [0.717, 1.165) is 11.3 Å². The molecule has 5 nitrogen and oxygen atoms in total. The molecule has 2 heterocycles. The fraction of sp³-hybridized carbons (Fsp3) is 0.389. The molecule has 0 aliphatic heterocycles. The van der Waals surface area contributed by atoms with Crippen molar-refractivity contribution in [3.05, 3.63) is 45.9 Å². The van der Waals surface area contributed by atoms with Gasteiger partial charge >= 0.3 is 0 Å². The van der Waals surface area contributed by atoms with Gasteiger partial charge in [0.15, 0.2) is 6.29 Å². The number of rotatable bonds is 6. The maximum Gasteiger partial charge on any atom is 0.253 e. The molecule has 2 aromatic heterocycles. The molecule has 0 saturated heterocycles. The van der Waals surface area contributed by atoms with E-state index in [4.69, 9.17) is 11.6 Å². The minimum atomic E-state index is -2.71. The van der Waals surface area contributed by atoms with Gasteiger partial charge in [-0.15, -0.1) is 0 Å². The van der Waals surface area contributed by atoms with Crippen molar-refractivity contribution in [2.24, 2.45) is 0 Å². The molecular weight excluding hydrogens is 364 g/mol. The molecule has 0 atom stereocenters. The van der Waals surface area contributed by atoms with Crippen molar-refractivity contribution < 1.29 is 18.4 Å². The van der Waals surface area contributed by atoms with E-state index in [-0.39, 0.29) is 35.8 Å². The van der Waals surface area contributed by atoms with Gasteiger partial charge in [0.05, 0.1) is 17.0 Å². The summed E-state index contributed by atoms with van der Waals surface area (Å²) in [5.41, 5.74) is 2.53. The van der Waals surface area contributed by atoms with Gasteiger partial charge in [-0.2, -0.15) is 0 Å². The third-order valence-electron chi connectivity index (χ3n) is 4.69. The number of carbonyl (C=O) groups is 2. The Balaban J connectivity index is 1.85. The predicted octanol–water partition coefficient (Wildman–Crippen LogP) is 3.44. The first kappa shape index (κ1) is 18.5. The molecule has 0 aromatic carbocycles. The summed E-state index contributed by atoms with van der Waals surface area (Å²) < 4.78 is 29.4. The van der Waals surface area contributed by atoms with Gasteiger partial charge in [0.25, 0.3) is 5.92 Å². The van der Waals surface area contributed by atoms with E-state index >= 15 is 0 Å². The van der Waals surface area contributed by atoms with Gasteiger partial charge in [0.1, 0.15) is 5.82 Å². The van der Waals surface area contributed by atoms with E-state index < -0.39 is 5.92 Å². The number of anilines is 1. The van der Waals surface area contributed by atoms with Crippen LogP contribution in [0.1, 0.15) is 33.7 Å². The topological polar surface area (TPSA) is 55.2 Å². The van der Waals surface area contributed by atoms with Gasteiger partial charge in [-0.05, 0) is 31.0 Å². The summed E-state index contributed by atoms with van der Waals surface area (Å²) in [7, 11) is 0. The van der Waals surface area contributed by atoms with E-state index in [2.05, 4.69) is 4.98 Å². The average molecular weight is 382 g/mol. The van der Waals surface area contributed by atoms with Crippen LogP contribution < -0.4 is 4.90 Å². The lowest BCUT2D eigenvalue weighted by atomic mass is 9.94. The lowest BCUT2D eigenvalue weighted by Crippen LogP contribution is -2.31. The van der Waals surface area contributed by atoms with Crippen molar-refractivity contribution in [1.29, 1.82) is 0 Å². The third kappa shape index (κ3) is 3.49. The van der Waals surface area contributed by atoms with Crippen LogP contribution in [0.25, 0.3) is 0 Å². The number of fused-ring (bicyclic) bond motifs is 1. The summed E-state index contributed by atoms with van der Waals surface area (Å²) >= 11 is 5.98. The highest BCUT2D eigenvalue weighted by Crippen LogP contribution is 2.34. The smallest absolute Gasteiger partial charge is 0.253 e. The summed E-state index contributed by atoms with van der Waals surface area (Å²) in [6, 6.07) is 3.39. The van der Waals surface area contributed by atoms with Gasteiger partial charge in [-0.1, -0.05) is 11.6 Å². The second-order valence-corrected chi connectivity index (χ2v) is 6.80. The van der Waals surface area contributed by atoms with E-state index in [1.54, 1.807) is 0 Å². The Morgan fingerprint density at radius 1 is 1.42 bits per heavy atom. The van der Waals surface area contributed by atoms with Crippen LogP contribution in [0.3, 0.4) is 0 Å². The van der Waals surface area contributed by atoms with E-state index in [1.807, 2.05) is 17.6 Å². The van der Waals surface area contributed by atoms with Crippen LogP contribution in [-0.4, -0.2) is 34.7 Å². The van der Waals surface area contributed by atoms with Crippen molar-refractivity contribution in [3.8, 4) is 0 Å². The Labute approximate surface area is 154 Å². The number of aryl methyl sites for hydroxylation is 2. The lowest BCUT2D eigenvalue weighted by molar-refractivity contribution is -0.107. The highest BCUT2D eigenvalue weighted by Gasteiger charge is 2.36. The monoisotopic (exact) mass is 381 g/mol. The van der Waals surface area contributed by atoms with Gasteiger partial charge in [-0.25, -0.2) is 13.8 Å². The fourth-order valence-electron chi connectivity index (χ4n) is 3.38. The summed E-state index contributed by atoms with van der Waals surface area (Å²) in [6.45, 7) is 2.36. The largest absolute Gasteiger partial charge is 0.347 e. The molecule has 1 amide bonds. The molecule has 26 heavy (non-hydrogen) atoms. The Hall–Kier alpha value is -2.28. The number of alkyl halides is 2. The van der Waals surface area contributed by atoms with E-state index in [9.17, 15) is 18.4 Å². The van der Waals surface area contributed by atoms with Crippen LogP contribution in [0.4, 0.5) is 14.6 Å². The normalized spacial score (nSPS) is 15.4. The number of aldehydes is 1. The number of amides is 1. The first-order valence-corrected chi connectivity index (χ1v) is 8.61. The van der Waals surface area contributed by atoms with E-state index in [1.165, 1.54) is 17.2 Å². The first-order valence-electron chi connectivity index (χ1n) is 8.23. The molecule has 0 N–H and O–H groups in total. The molecule has 0 radical (unpaired) electrons.